The van der Waals surface area contributed by atoms with Gasteiger partial charge in [-0.1, -0.05) is 30.3 Å². The van der Waals surface area contributed by atoms with Gasteiger partial charge in [-0.05, 0) is 6.92 Å². The average molecular weight is 325 g/mol. The van der Waals surface area contributed by atoms with Crippen LogP contribution >= 0.6 is 0 Å². The summed E-state index contributed by atoms with van der Waals surface area (Å²) in [6.07, 6.45) is -3.65. The lowest BCUT2D eigenvalue weighted by molar-refractivity contribution is -0.272. The van der Waals surface area contributed by atoms with Crippen molar-refractivity contribution in [2.45, 2.75) is 37.6 Å². The number of hydrogen-bond acceptors (Lipinski definition) is 7. The van der Waals surface area contributed by atoms with Crippen molar-refractivity contribution in [1.82, 2.24) is 0 Å². The van der Waals surface area contributed by atoms with E-state index in [4.69, 9.17) is 19.9 Å². The summed E-state index contributed by atoms with van der Waals surface area (Å²) < 4.78 is 21.7. The number of hydrogen-bond donors (Lipinski definition) is 2. The van der Waals surface area contributed by atoms with E-state index in [-0.39, 0.29) is 19.3 Å². The topological polar surface area (TPSA) is 100 Å². The highest BCUT2D eigenvalue weighted by Gasteiger charge is 2.37. The van der Waals surface area contributed by atoms with Crippen molar-refractivity contribution in [3.05, 3.63) is 35.9 Å². The van der Waals surface area contributed by atoms with E-state index in [1.807, 2.05) is 37.3 Å². The van der Waals surface area contributed by atoms with Crippen molar-refractivity contribution in [2.24, 2.45) is 5.73 Å². The third-order valence-electron chi connectivity index (χ3n) is 3.69. The lowest BCUT2D eigenvalue weighted by Gasteiger charge is -2.36. The Morgan fingerprint density at radius 3 is 2.70 bits per heavy atom. The molecule has 0 radical (unpaired) electrons. The predicted molar refractivity (Wildman–Crippen MR) is 81.4 cm³/mol. The molecule has 2 rings (SSSR count). The van der Waals surface area contributed by atoms with Gasteiger partial charge in [-0.15, -0.1) is 0 Å². The van der Waals surface area contributed by atoms with Crippen LogP contribution in [0.5, 0.6) is 0 Å². The number of carbonyl (C=O) groups excluding carboxylic acids is 1. The number of aliphatic hydroxyl groups excluding tert-OH is 1. The number of nitrogens with two attached hydrogens (primary N) is 1. The van der Waals surface area contributed by atoms with Crippen LogP contribution in [0.25, 0.3) is 0 Å². The zero-order valence-corrected chi connectivity index (χ0v) is 13.3. The van der Waals surface area contributed by atoms with Crippen molar-refractivity contribution in [2.75, 3.05) is 20.3 Å². The number of methoxy groups -OCH3 is 1. The van der Waals surface area contributed by atoms with Crippen LogP contribution in [-0.2, 0) is 23.7 Å². The van der Waals surface area contributed by atoms with Gasteiger partial charge in [0.15, 0.2) is 12.4 Å². The van der Waals surface area contributed by atoms with E-state index in [1.54, 1.807) is 0 Å². The van der Waals surface area contributed by atoms with Crippen LogP contribution in [0.15, 0.2) is 30.3 Å². The number of carbonyl (C=O) groups is 1. The standard InChI is InChI=1S/C16H23NO6/c1-10-13(23-14(12(18)8-17)15(19)20-2)9-21-16(22-10)11-6-4-3-5-7-11/h3-7,10,12-14,16,18H,8-9,17H2,1-2H3. The Balaban J connectivity index is 1.98. The number of ether oxygens (including phenoxy) is 4. The minimum absolute atomic E-state index is 0.116. The molecule has 0 amide bonds. The molecule has 1 aromatic carbocycles. The Hall–Kier alpha value is -1.51. The minimum Gasteiger partial charge on any atom is -0.467 e. The fourth-order valence-corrected chi connectivity index (χ4v) is 2.31. The van der Waals surface area contributed by atoms with Gasteiger partial charge in [0.05, 0.1) is 19.8 Å². The number of rotatable bonds is 6. The Bertz CT molecular complexity index is 497. The molecule has 128 valence electrons. The molecular formula is C16H23NO6. The van der Waals surface area contributed by atoms with Crippen LogP contribution in [0.2, 0.25) is 0 Å². The lowest BCUT2D eigenvalue weighted by Crippen LogP contribution is -2.49. The molecule has 23 heavy (non-hydrogen) atoms. The van der Waals surface area contributed by atoms with Gasteiger partial charge in [-0.25, -0.2) is 4.79 Å². The first-order chi connectivity index (χ1) is 11.1. The summed E-state index contributed by atoms with van der Waals surface area (Å²) in [6.45, 7) is 1.94. The zero-order chi connectivity index (χ0) is 16.8. The van der Waals surface area contributed by atoms with Gasteiger partial charge in [0.25, 0.3) is 0 Å². The van der Waals surface area contributed by atoms with Crippen molar-refractivity contribution < 1.29 is 28.8 Å². The number of aliphatic hydroxyl groups is 1. The maximum atomic E-state index is 11.7. The maximum Gasteiger partial charge on any atom is 0.337 e. The molecule has 7 nitrogen and oxygen atoms in total. The molecule has 1 heterocycles. The van der Waals surface area contributed by atoms with Crippen molar-refractivity contribution in [3.8, 4) is 0 Å². The van der Waals surface area contributed by atoms with Crippen LogP contribution in [-0.4, -0.2) is 55.8 Å². The van der Waals surface area contributed by atoms with E-state index in [0.717, 1.165) is 5.56 Å². The first kappa shape index (κ1) is 17.8. The van der Waals surface area contributed by atoms with Gasteiger partial charge in [-0.2, -0.15) is 0 Å². The van der Waals surface area contributed by atoms with Crippen LogP contribution in [0.1, 0.15) is 18.8 Å². The smallest absolute Gasteiger partial charge is 0.337 e. The molecule has 5 atom stereocenters. The Kier molecular flexibility index (Phi) is 6.49. The first-order valence-electron chi connectivity index (χ1n) is 7.50. The van der Waals surface area contributed by atoms with Gasteiger partial charge in [0.1, 0.15) is 12.2 Å². The monoisotopic (exact) mass is 325 g/mol. The summed E-state index contributed by atoms with van der Waals surface area (Å²) in [7, 11) is 1.23. The molecule has 7 heteroatoms. The fraction of sp³-hybridized carbons (Fsp3) is 0.562. The van der Waals surface area contributed by atoms with E-state index in [2.05, 4.69) is 4.74 Å². The molecule has 1 aliphatic rings. The second-order valence-electron chi connectivity index (χ2n) is 5.34. The second kappa shape index (κ2) is 8.37. The zero-order valence-electron chi connectivity index (χ0n) is 13.3. The summed E-state index contributed by atoms with van der Waals surface area (Å²) in [5.41, 5.74) is 6.31. The molecule has 1 fully saturated rings. The largest absolute Gasteiger partial charge is 0.467 e. The second-order valence-corrected chi connectivity index (χ2v) is 5.34. The first-order valence-corrected chi connectivity index (χ1v) is 7.50. The van der Waals surface area contributed by atoms with Crippen LogP contribution in [0.4, 0.5) is 0 Å². The fourth-order valence-electron chi connectivity index (χ4n) is 2.31. The molecule has 1 aromatic rings. The SMILES string of the molecule is COC(=O)C(OC1COC(c2ccccc2)OC1C)C(O)CN. The molecule has 1 aliphatic heterocycles. The highest BCUT2D eigenvalue weighted by atomic mass is 16.7. The van der Waals surface area contributed by atoms with Crippen molar-refractivity contribution in [3.63, 3.8) is 0 Å². The van der Waals surface area contributed by atoms with Gasteiger partial charge in [0, 0.05) is 12.1 Å². The van der Waals surface area contributed by atoms with Crippen LogP contribution < -0.4 is 5.73 Å². The predicted octanol–water partition coefficient (Wildman–Crippen LogP) is 0.367. The molecule has 3 N–H and O–H groups in total. The Morgan fingerprint density at radius 2 is 2.13 bits per heavy atom. The molecular weight excluding hydrogens is 302 g/mol. The summed E-state index contributed by atoms with van der Waals surface area (Å²) in [6, 6.07) is 9.54. The summed E-state index contributed by atoms with van der Waals surface area (Å²) in [5, 5.41) is 9.83. The average Bonchev–Trinajstić information content (AvgIpc) is 2.60. The van der Waals surface area contributed by atoms with E-state index < -0.39 is 30.6 Å². The van der Waals surface area contributed by atoms with E-state index >= 15 is 0 Å². The van der Waals surface area contributed by atoms with Gasteiger partial charge in [-0.3, -0.25) is 0 Å². The molecule has 0 spiro atoms. The molecule has 0 saturated carbocycles. The van der Waals surface area contributed by atoms with E-state index in [9.17, 15) is 9.90 Å². The molecule has 5 unspecified atom stereocenters. The lowest BCUT2D eigenvalue weighted by atomic mass is 10.1. The Morgan fingerprint density at radius 1 is 1.43 bits per heavy atom. The van der Waals surface area contributed by atoms with Gasteiger partial charge < -0.3 is 29.8 Å². The molecule has 0 bridgehead atoms. The minimum atomic E-state index is -1.17. The molecule has 0 aliphatic carbocycles. The highest BCUT2D eigenvalue weighted by Crippen LogP contribution is 2.28. The van der Waals surface area contributed by atoms with Gasteiger partial charge in [0.2, 0.25) is 0 Å². The highest BCUT2D eigenvalue weighted by molar-refractivity contribution is 5.75. The van der Waals surface area contributed by atoms with Crippen LogP contribution in [0, 0.1) is 0 Å². The third-order valence-corrected chi connectivity index (χ3v) is 3.69. The summed E-state index contributed by atoms with van der Waals surface area (Å²) in [4.78, 5) is 11.7. The number of esters is 1. The third kappa shape index (κ3) is 4.49. The van der Waals surface area contributed by atoms with E-state index in [1.165, 1.54) is 7.11 Å². The molecule has 1 saturated heterocycles. The normalized spacial score (nSPS) is 27.2. The van der Waals surface area contributed by atoms with E-state index in [0.29, 0.717) is 0 Å². The van der Waals surface area contributed by atoms with Gasteiger partial charge >= 0.3 is 5.97 Å². The quantitative estimate of drug-likeness (QED) is 0.729. The van der Waals surface area contributed by atoms with Crippen LogP contribution in [0.3, 0.4) is 0 Å². The molecule has 0 aromatic heterocycles. The van der Waals surface area contributed by atoms with Crippen molar-refractivity contribution >= 4 is 5.97 Å². The maximum absolute atomic E-state index is 11.7. The Labute approximate surface area is 135 Å². The summed E-state index contributed by atoms with van der Waals surface area (Å²) in [5.74, 6) is -0.680. The summed E-state index contributed by atoms with van der Waals surface area (Å²) >= 11 is 0. The van der Waals surface area contributed by atoms with Crippen molar-refractivity contribution in [1.29, 1.82) is 0 Å². The number of benzene rings is 1.